The summed E-state index contributed by atoms with van der Waals surface area (Å²) in [5.74, 6) is 0.275. The highest BCUT2D eigenvalue weighted by molar-refractivity contribution is 7.98. The lowest BCUT2D eigenvalue weighted by Gasteiger charge is -2.14. The number of hydrogen-bond donors (Lipinski definition) is 3. The number of carboxylic acid groups (broad SMARTS) is 1. The lowest BCUT2D eigenvalue weighted by molar-refractivity contribution is -0.139. The molecule has 0 aromatic rings. The van der Waals surface area contributed by atoms with Crippen molar-refractivity contribution in [3.8, 4) is 0 Å². The molecule has 118 valence electrons. The zero-order valence-corrected chi connectivity index (χ0v) is 13.3. The number of amides is 2. The molecule has 0 aliphatic carbocycles. The molecule has 0 aromatic carbocycles. The number of hydrogen-bond acceptors (Lipinski definition) is 4. The normalized spacial score (nSPS) is 12.2. The van der Waals surface area contributed by atoms with Crippen molar-refractivity contribution in [2.24, 2.45) is 5.92 Å². The standard InChI is InChI=1S/C13H26N2O4S/c1-10(2)4-7-19-8-6-14-13(18)15-11(12(16)17)5-9-20-3/h10-11H,4-9H2,1-3H3,(H,16,17)(H2,14,15,18)/t11-/m0/s1. The second-order valence-corrected chi connectivity index (χ2v) is 5.85. The van der Waals surface area contributed by atoms with Crippen LogP contribution in [0, 0.1) is 5.92 Å². The van der Waals surface area contributed by atoms with E-state index < -0.39 is 18.0 Å². The van der Waals surface area contributed by atoms with Crippen molar-refractivity contribution in [1.82, 2.24) is 10.6 Å². The van der Waals surface area contributed by atoms with Crippen LogP contribution in [0.4, 0.5) is 4.79 Å². The minimum atomic E-state index is -1.01. The third-order valence-electron chi connectivity index (χ3n) is 2.59. The van der Waals surface area contributed by atoms with Crippen molar-refractivity contribution < 1.29 is 19.4 Å². The number of carbonyl (C=O) groups excluding carboxylic acids is 1. The first-order valence-electron chi connectivity index (χ1n) is 6.81. The molecule has 0 heterocycles. The summed E-state index contributed by atoms with van der Waals surface area (Å²) in [5, 5.41) is 14.0. The highest BCUT2D eigenvalue weighted by Crippen LogP contribution is 2.01. The number of nitrogens with one attached hydrogen (secondary N) is 2. The van der Waals surface area contributed by atoms with Crippen molar-refractivity contribution in [3.05, 3.63) is 0 Å². The zero-order chi connectivity index (χ0) is 15.4. The van der Waals surface area contributed by atoms with Crippen LogP contribution in [-0.4, -0.2) is 54.9 Å². The molecule has 1 atom stereocenters. The van der Waals surface area contributed by atoms with Crippen LogP contribution in [0.3, 0.4) is 0 Å². The number of thioether (sulfide) groups is 1. The van der Waals surface area contributed by atoms with E-state index in [1.54, 1.807) is 11.8 Å². The van der Waals surface area contributed by atoms with Crippen LogP contribution in [0.2, 0.25) is 0 Å². The third kappa shape index (κ3) is 10.9. The SMILES string of the molecule is CSCC[C@H](NC(=O)NCCOCCC(C)C)C(=O)O. The quantitative estimate of drug-likeness (QED) is 0.504. The van der Waals surface area contributed by atoms with Gasteiger partial charge >= 0.3 is 12.0 Å². The van der Waals surface area contributed by atoms with Crippen LogP contribution >= 0.6 is 11.8 Å². The highest BCUT2D eigenvalue weighted by atomic mass is 32.2. The van der Waals surface area contributed by atoms with Gasteiger partial charge in [-0.25, -0.2) is 9.59 Å². The lowest BCUT2D eigenvalue weighted by atomic mass is 10.1. The predicted molar refractivity (Wildman–Crippen MR) is 81.2 cm³/mol. The summed E-state index contributed by atoms with van der Waals surface area (Å²) in [6.07, 6.45) is 3.30. The number of rotatable bonds is 11. The van der Waals surface area contributed by atoms with E-state index in [0.717, 1.165) is 6.42 Å². The molecule has 0 unspecified atom stereocenters. The summed E-state index contributed by atoms with van der Waals surface area (Å²) in [7, 11) is 0. The molecule has 0 aliphatic heterocycles. The second-order valence-electron chi connectivity index (χ2n) is 4.87. The molecule has 3 N–H and O–H groups in total. The van der Waals surface area contributed by atoms with Gasteiger partial charge in [0.05, 0.1) is 6.61 Å². The van der Waals surface area contributed by atoms with Gasteiger partial charge in [-0.15, -0.1) is 0 Å². The Kier molecular flexibility index (Phi) is 11.3. The van der Waals surface area contributed by atoms with E-state index in [1.807, 2.05) is 6.26 Å². The molecule has 0 aromatic heterocycles. The topological polar surface area (TPSA) is 87.7 Å². The Morgan fingerprint density at radius 2 is 1.95 bits per heavy atom. The van der Waals surface area contributed by atoms with Crippen LogP contribution in [-0.2, 0) is 9.53 Å². The van der Waals surface area contributed by atoms with Gasteiger partial charge in [-0.05, 0) is 30.8 Å². The largest absolute Gasteiger partial charge is 0.480 e. The van der Waals surface area contributed by atoms with Gasteiger partial charge in [0.15, 0.2) is 0 Å². The Morgan fingerprint density at radius 3 is 2.50 bits per heavy atom. The average molecular weight is 306 g/mol. The van der Waals surface area contributed by atoms with Crippen molar-refractivity contribution in [2.75, 3.05) is 31.8 Å². The molecule has 0 radical (unpaired) electrons. The fraction of sp³-hybridized carbons (Fsp3) is 0.846. The first kappa shape index (κ1) is 19.1. The van der Waals surface area contributed by atoms with Gasteiger partial charge < -0.3 is 20.5 Å². The summed E-state index contributed by atoms with van der Waals surface area (Å²) in [5.41, 5.74) is 0. The number of aliphatic carboxylic acids is 1. The number of carbonyl (C=O) groups is 2. The number of carboxylic acids is 1. The van der Waals surface area contributed by atoms with Gasteiger partial charge in [0, 0.05) is 13.2 Å². The monoisotopic (exact) mass is 306 g/mol. The van der Waals surface area contributed by atoms with E-state index in [0.29, 0.717) is 37.9 Å². The van der Waals surface area contributed by atoms with Crippen LogP contribution in [0.15, 0.2) is 0 Å². The van der Waals surface area contributed by atoms with Crippen LogP contribution in [0.5, 0.6) is 0 Å². The molecular formula is C13H26N2O4S. The van der Waals surface area contributed by atoms with Crippen LogP contribution < -0.4 is 10.6 Å². The average Bonchev–Trinajstić information content (AvgIpc) is 2.37. The van der Waals surface area contributed by atoms with E-state index in [2.05, 4.69) is 24.5 Å². The highest BCUT2D eigenvalue weighted by Gasteiger charge is 2.18. The van der Waals surface area contributed by atoms with E-state index in [1.165, 1.54) is 0 Å². The van der Waals surface area contributed by atoms with Crippen molar-refractivity contribution >= 4 is 23.8 Å². The van der Waals surface area contributed by atoms with Gasteiger partial charge in [0.1, 0.15) is 6.04 Å². The second kappa shape index (κ2) is 11.8. The molecule has 0 bridgehead atoms. The minimum absolute atomic E-state index is 0.374. The maximum Gasteiger partial charge on any atom is 0.326 e. The first-order chi connectivity index (χ1) is 9.47. The fourth-order valence-electron chi connectivity index (χ4n) is 1.36. The first-order valence-corrected chi connectivity index (χ1v) is 8.20. The molecule has 0 rings (SSSR count). The predicted octanol–water partition coefficient (Wildman–Crippen LogP) is 1.55. The third-order valence-corrected chi connectivity index (χ3v) is 3.23. The van der Waals surface area contributed by atoms with Crippen LogP contribution in [0.25, 0.3) is 0 Å². The zero-order valence-electron chi connectivity index (χ0n) is 12.5. The summed E-state index contributed by atoms with van der Waals surface area (Å²) >= 11 is 1.55. The molecule has 0 saturated heterocycles. The molecule has 0 spiro atoms. The summed E-state index contributed by atoms with van der Waals surface area (Å²) < 4.78 is 5.35. The molecule has 2 amide bonds. The molecule has 0 fully saturated rings. The maximum absolute atomic E-state index is 11.5. The molecule has 0 saturated carbocycles. The molecule has 0 aliphatic rings. The van der Waals surface area contributed by atoms with E-state index >= 15 is 0 Å². The Hall–Kier alpha value is -0.950. The maximum atomic E-state index is 11.5. The smallest absolute Gasteiger partial charge is 0.326 e. The van der Waals surface area contributed by atoms with Gasteiger partial charge in [-0.1, -0.05) is 13.8 Å². The molecule has 7 heteroatoms. The van der Waals surface area contributed by atoms with Gasteiger partial charge in [-0.3, -0.25) is 0 Å². The molecule has 6 nitrogen and oxygen atoms in total. The Morgan fingerprint density at radius 1 is 1.25 bits per heavy atom. The van der Waals surface area contributed by atoms with Gasteiger partial charge in [-0.2, -0.15) is 11.8 Å². The van der Waals surface area contributed by atoms with E-state index in [9.17, 15) is 9.59 Å². The fourth-order valence-corrected chi connectivity index (χ4v) is 1.83. The van der Waals surface area contributed by atoms with Crippen molar-refractivity contribution in [3.63, 3.8) is 0 Å². The summed E-state index contributed by atoms with van der Waals surface area (Å²) in [6, 6.07) is -1.31. The summed E-state index contributed by atoms with van der Waals surface area (Å²) in [6.45, 7) is 5.72. The summed E-state index contributed by atoms with van der Waals surface area (Å²) in [4.78, 5) is 22.5. The Bertz CT molecular complexity index is 288. The van der Waals surface area contributed by atoms with E-state index in [-0.39, 0.29) is 0 Å². The number of urea groups is 1. The minimum Gasteiger partial charge on any atom is -0.480 e. The molecular weight excluding hydrogens is 280 g/mol. The molecule has 20 heavy (non-hydrogen) atoms. The van der Waals surface area contributed by atoms with Crippen molar-refractivity contribution in [2.45, 2.75) is 32.7 Å². The van der Waals surface area contributed by atoms with Crippen LogP contribution in [0.1, 0.15) is 26.7 Å². The lowest BCUT2D eigenvalue weighted by Crippen LogP contribution is -2.47. The van der Waals surface area contributed by atoms with Gasteiger partial charge in [0.25, 0.3) is 0 Å². The Labute approximate surface area is 125 Å². The van der Waals surface area contributed by atoms with Crippen molar-refractivity contribution in [1.29, 1.82) is 0 Å². The van der Waals surface area contributed by atoms with Gasteiger partial charge in [0.2, 0.25) is 0 Å². The number of ether oxygens (including phenoxy) is 1. The Balaban J connectivity index is 3.71. The van der Waals surface area contributed by atoms with E-state index in [4.69, 9.17) is 9.84 Å².